The van der Waals surface area contributed by atoms with Crippen LogP contribution in [0.5, 0.6) is 0 Å². The number of anilines is 1. The highest BCUT2D eigenvalue weighted by molar-refractivity contribution is 6.01. The molecular formula is C16H20F2N4O2. The Morgan fingerprint density at radius 3 is 2.58 bits per heavy atom. The van der Waals surface area contributed by atoms with E-state index in [2.05, 4.69) is 15.2 Å². The molecule has 2 aromatic rings. The summed E-state index contributed by atoms with van der Waals surface area (Å²) >= 11 is 0. The third-order valence-electron chi connectivity index (χ3n) is 3.82. The van der Waals surface area contributed by atoms with E-state index < -0.39 is 17.5 Å². The molecule has 1 fully saturated rings. The fourth-order valence-electron chi connectivity index (χ4n) is 2.62. The van der Waals surface area contributed by atoms with Gasteiger partial charge in [0.1, 0.15) is 11.4 Å². The summed E-state index contributed by atoms with van der Waals surface area (Å²) in [7, 11) is 0. The van der Waals surface area contributed by atoms with E-state index in [1.54, 1.807) is 32.9 Å². The number of rotatable bonds is 2. The number of hydrogen-bond acceptors (Lipinski definition) is 5. The second-order valence-corrected chi connectivity index (χ2v) is 6.98. The van der Waals surface area contributed by atoms with Crippen molar-refractivity contribution in [1.82, 2.24) is 15.2 Å². The topological polar surface area (TPSA) is 71.1 Å². The van der Waals surface area contributed by atoms with Gasteiger partial charge >= 0.3 is 5.97 Å². The molecule has 0 saturated carbocycles. The molecule has 0 radical (unpaired) electrons. The zero-order chi connectivity index (χ0) is 17.5. The molecule has 1 N–H and O–H groups in total. The van der Waals surface area contributed by atoms with E-state index in [0.29, 0.717) is 16.9 Å². The van der Waals surface area contributed by atoms with Crippen LogP contribution in [0.4, 0.5) is 14.6 Å². The van der Waals surface area contributed by atoms with Crippen molar-refractivity contribution in [3.8, 4) is 0 Å². The van der Waals surface area contributed by atoms with Crippen LogP contribution in [0, 0.1) is 0 Å². The lowest BCUT2D eigenvalue weighted by Gasteiger charge is -2.32. The molecule has 2 aromatic heterocycles. The van der Waals surface area contributed by atoms with Gasteiger partial charge in [-0.15, -0.1) is 0 Å². The summed E-state index contributed by atoms with van der Waals surface area (Å²) in [4.78, 5) is 18.4. The molecule has 0 spiro atoms. The van der Waals surface area contributed by atoms with Crippen molar-refractivity contribution in [2.45, 2.75) is 45.1 Å². The molecule has 24 heavy (non-hydrogen) atoms. The zero-order valence-electron chi connectivity index (χ0n) is 13.9. The number of fused-ring (bicyclic) bond motifs is 1. The predicted octanol–water partition coefficient (Wildman–Crippen LogP) is 3.15. The first kappa shape index (κ1) is 16.6. The smallest absolute Gasteiger partial charge is 0.360 e. The van der Waals surface area contributed by atoms with Gasteiger partial charge < -0.3 is 9.64 Å². The van der Waals surface area contributed by atoms with E-state index in [9.17, 15) is 13.6 Å². The SMILES string of the molecule is CC(C)(C)OC(=O)c1n[nH]c2nc(N3CCC(F)(F)CC3)ccc12. The molecule has 1 aliphatic rings. The third kappa shape index (κ3) is 3.47. The Kier molecular flexibility index (Phi) is 3.93. The molecule has 0 aliphatic carbocycles. The van der Waals surface area contributed by atoms with Crippen molar-refractivity contribution < 1.29 is 18.3 Å². The average Bonchev–Trinajstić information content (AvgIpc) is 2.88. The van der Waals surface area contributed by atoms with Crippen molar-refractivity contribution in [3.05, 3.63) is 17.8 Å². The summed E-state index contributed by atoms with van der Waals surface area (Å²) in [6, 6.07) is 3.43. The summed E-state index contributed by atoms with van der Waals surface area (Å²) < 4.78 is 31.8. The van der Waals surface area contributed by atoms with Gasteiger partial charge in [0, 0.05) is 25.9 Å². The molecule has 0 bridgehead atoms. The molecule has 1 saturated heterocycles. The number of piperidine rings is 1. The van der Waals surface area contributed by atoms with E-state index >= 15 is 0 Å². The molecule has 0 amide bonds. The number of carbonyl (C=O) groups is 1. The Labute approximate surface area is 138 Å². The number of hydrogen-bond donors (Lipinski definition) is 1. The van der Waals surface area contributed by atoms with Crippen LogP contribution in [0.3, 0.4) is 0 Å². The fraction of sp³-hybridized carbons (Fsp3) is 0.562. The number of ether oxygens (including phenoxy) is 1. The van der Waals surface area contributed by atoms with E-state index in [4.69, 9.17) is 4.74 Å². The Morgan fingerprint density at radius 2 is 1.96 bits per heavy atom. The largest absolute Gasteiger partial charge is 0.455 e. The number of esters is 1. The summed E-state index contributed by atoms with van der Waals surface area (Å²) in [6.45, 7) is 5.84. The number of aromatic amines is 1. The maximum atomic E-state index is 13.3. The van der Waals surface area contributed by atoms with Crippen LogP contribution in [0.1, 0.15) is 44.1 Å². The van der Waals surface area contributed by atoms with Gasteiger partial charge in [0.25, 0.3) is 5.92 Å². The van der Waals surface area contributed by atoms with Crippen molar-refractivity contribution in [2.75, 3.05) is 18.0 Å². The van der Waals surface area contributed by atoms with Crippen LogP contribution < -0.4 is 4.90 Å². The van der Waals surface area contributed by atoms with Gasteiger partial charge in [-0.25, -0.2) is 18.6 Å². The Balaban J connectivity index is 1.82. The number of alkyl halides is 2. The molecule has 0 aromatic carbocycles. The Morgan fingerprint density at radius 1 is 1.29 bits per heavy atom. The van der Waals surface area contributed by atoms with E-state index in [-0.39, 0.29) is 31.6 Å². The van der Waals surface area contributed by atoms with E-state index in [1.165, 1.54) is 0 Å². The maximum absolute atomic E-state index is 13.3. The molecule has 3 rings (SSSR count). The lowest BCUT2D eigenvalue weighted by Crippen LogP contribution is -2.39. The molecule has 3 heterocycles. The first-order valence-corrected chi connectivity index (χ1v) is 7.86. The number of halogens is 2. The number of pyridine rings is 1. The monoisotopic (exact) mass is 338 g/mol. The highest BCUT2D eigenvalue weighted by atomic mass is 19.3. The molecule has 1 aliphatic heterocycles. The summed E-state index contributed by atoms with van der Waals surface area (Å²) in [5, 5.41) is 7.25. The standard InChI is InChI=1S/C16H20F2N4O2/c1-15(2,3)24-14(23)12-10-4-5-11(19-13(10)21-20-12)22-8-6-16(17,18)7-9-22/h4-5H,6-9H2,1-3H3,(H,19,20,21). The van der Waals surface area contributed by atoms with Crippen LogP contribution in [0.2, 0.25) is 0 Å². The van der Waals surface area contributed by atoms with Crippen LogP contribution in [-0.4, -0.2) is 45.8 Å². The summed E-state index contributed by atoms with van der Waals surface area (Å²) in [6.07, 6.45) is -0.363. The Bertz CT molecular complexity index is 757. The first-order valence-electron chi connectivity index (χ1n) is 7.86. The van der Waals surface area contributed by atoms with Crippen molar-refractivity contribution in [1.29, 1.82) is 0 Å². The summed E-state index contributed by atoms with van der Waals surface area (Å²) in [5.41, 5.74) is -0.00997. The number of nitrogens with one attached hydrogen (secondary N) is 1. The summed E-state index contributed by atoms with van der Waals surface area (Å²) in [5.74, 6) is -2.53. The zero-order valence-corrected chi connectivity index (χ0v) is 13.9. The first-order chi connectivity index (χ1) is 11.1. The third-order valence-corrected chi connectivity index (χ3v) is 3.82. The maximum Gasteiger partial charge on any atom is 0.360 e. The number of nitrogens with zero attached hydrogens (tertiary/aromatic N) is 3. The van der Waals surface area contributed by atoms with Crippen molar-refractivity contribution in [2.24, 2.45) is 0 Å². The van der Waals surface area contributed by atoms with Gasteiger partial charge in [0.2, 0.25) is 0 Å². The van der Waals surface area contributed by atoms with Gasteiger partial charge in [0.05, 0.1) is 5.39 Å². The normalized spacial score (nSPS) is 18.0. The minimum absolute atomic E-state index is 0.171. The lowest BCUT2D eigenvalue weighted by molar-refractivity contribution is -0.0221. The lowest BCUT2D eigenvalue weighted by atomic mass is 10.1. The molecule has 6 nitrogen and oxygen atoms in total. The van der Waals surface area contributed by atoms with Crippen LogP contribution in [-0.2, 0) is 4.74 Å². The van der Waals surface area contributed by atoms with Gasteiger partial charge in [-0.2, -0.15) is 5.10 Å². The predicted molar refractivity (Wildman–Crippen MR) is 85.5 cm³/mol. The minimum atomic E-state index is -2.60. The Hall–Kier alpha value is -2.25. The van der Waals surface area contributed by atoms with Gasteiger partial charge in [0.15, 0.2) is 11.3 Å². The average molecular weight is 338 g/mol. The molecule has 130 valence electrons. The minimum Gasteiger partial charge on any atom is -0.455 e. The van der Waals surface area contributed by atoms with Gasteiger partial charge in [-0.3, -0.25) is 5.10 Å². The van der Waals surface area contributed by atoms with Crippen LogP contribution >= 0.6 is 0 Å². The second kappa shape index (κ2) is 5.68. The highest BCUT2D eigenvalue weighted by Crippen LogP contribution is 2.30. The number of aromatic nitrogens is 3. The quantitative estimate of drug-likeness (QED) is 0.852. The second-order valence-electron chi connectivity index (χ2n) is 6.98. The molecular weight excluding hydrogens is 318 g/mol. The molecule has 8 heteroatoms. The van der Waals surface area contributed by atoms with Gasteiger partial charge in [-0.1, -0.05) is 0 Å². The molecule has 0 atom stereocenters. The number of carbonyl (C=O) groups excluding carboxylic acids is 1. The van der Waals surface area contributed by atoms with Crippen LogP contribution in [0.25, 0.3) is 11.0 Å². The fourth-order valence-corrected chi connectivity index (χ4v) is 2.62. The van der Waals surface area contributed by atoms with Crippen LogP contribution in [0.15, 0.2) is 12.1 Å². The molecule has 0 unspecified atom stereocenters. The van der Waals surface area contributed by atoms with Crippen molar-refractivity contribution >= 4 is 22.8 Å². The van der Waals surface area contributed by atoms with E-state index in [1.807, 2.05) is 4.90 Å². The van der Waals surface area contributed by atoms with Crippen molar-refractivity contribution in [3.63, 3.8) is 0 Å². The van der Waals surface area contributed by atoms with E-state index in [0.717, 1.165) is 0 Å². The van der Waals surface area contributed by atoms with Gasteiger partial charge in [-0.05, 0) is 32.9 Å². The number of H-pyrrole nitrogens is 1. The highest BCUT2D eigenvalue weighted by Gasteiger charge is 2.34.